The summed E-state index contributed by atoms with van der Waals surface area (Å²) in [4.78, 5) is 7.90. The van der Waals surface area contributed by atoms with Gasteiger partial charge < -0.3 is 0 Å². The predicted molar refractivity (Wildman–Crippen MR) is 50.9 cm³/mol. The Bertz CT molecular complexity index is 502. The van der Waals surface area contributed by atoms with Crippen molar-refractivity contribution in [3.8, 4) is 6.07 Å². The molecule has 4 nitrogen and oxygen atoms in total. The van der Waals surface area contributed by atoms with Crippen LogP contribution < -0.4 is 0 Å². The molecule has 2 rings (SSSR count). The molecule has 70 valence electrons. The lowest BCUT2D eigenvalue weighted by Gasteiger charge is -1.97. The topological polar surface area (TPSA) is 54.5 Å². The van der Waals surface area contributed by atoms with Crippen LogP contribution in [0.2, 0.25) is 0 Å². The predicted octanol–water partition coefficient (Wildman–Crippen LogP) is 1.88. The number of nitriles is 1. The fourth-order valence-corrected chi connectivity index (χ4v) is 1.57. The van der Waals surface area contributed by atoms with E-state index in [2.05, 4.69) is 9.97 Å². The first-order chi connectivity index (χ1) is 6.86. The van der Waals surface area contributed by atoms with Gasteiger partial charge in [-0.25, -0.2) is 13.9 Å². The minimum Gasteiger partial charge on any atom is -0.247 e. The van der Waals surface area contributed by atoms with Gasteiger partial charge in [-0.15, -0.1) is 3.89 Å². The Balaban J connectivity index is 2.65. The van der Waals surface area contributed by atoms with E-state index in [0.29, 0.717) is 11.3 Å². The largest absolute Gasteiger partial charge is 0.247 e. The minimum atomic E-state index is 0.0752. The fourth-order valence-electron chi connectivity index (χ4n) is 1.25. The molecule has 2 aromatic heterocycles. The monoisotopic (exact) mass is 208 g/mol. The van der Waals surface area contributed by atoms with Crippen LogP contribution in [0.5, 0.6) is 0 Å². The van der Waals surface area contributed by atoms with Crippen LogP contribution in [0.3, 0.4) is 0 Å². The summed E-state index contributed by atoms with van der Waals surface area (Å²) in [5.41, 5.74) is 1.13. The van der Waals surface area contributed by atoms with Crippen molar-refractivity contribution in [1.82, 2.24) is 13.9 Å². The third-order valence-electron chi connectivity index (χ3n) is 1.85. The van der Waals surface area contributed by atoms with Gasteiger partial charge >= 0.3 is 0 Å². The normalized spacial score (nSPS) is 10.3. The van der Waals surface area contributed by atoms with E-state index in [1.54, 1.807) is 12.3 Å². The zero-order valence-corrected chi connectivity index (χ0v) is 7.83. The molecular weight excluding hydrogens is 203 g/mol. The van der Waals surface area contributed by atoms with Crippen molar-refractivity contribution in [1.29, 1.82) is 5.26 Å². The van der Waals surface area contributed by atoms with Crippen molar-refractivity contribution in [3.05, 3.63) is 24.3 Å². The third-order valence-corrected chi connectivity index (χ3v) is 2.29. The number of rotatable bonds is 2. The van der Waals surface area contributed by atoms with Crippen molar-refractivity contribution >= 4 is 23.4 Å². The lowest BCUT2D eigenvalue weighted by atomic mass is 10.2. The summed E-state index contributed by atoms with van der Waals surface area (Å²) in [6, 6.07) is 3.71. The second-order valence-electron chi connectivity index (χ2n) is 2.60. The summed E-state index contributed by atoms with van der Waals surface area (Å²) in [6.07, 6.45) is 3.10. The maximum absolute atomic E-state index is 12.4. The quantitative estimate of drug-likeness (QED) is 0.756. The Morgan fingerprint density at radius 3 is 3.14 bits per heavy atom. The number of halogens is 1. The number of aromatic nitrogens is 3. The fraction of sp³-hybridized carbons (Fsp3) is 0.125. The highest BCUT2D eigenvalue weighted by atomic mass is 32.2. The van der Waals surface area contributed by atoms with E-state index in [1.807, 2.05) is 6.07 Å². The second kappa shape index (κ2) is 3.64. The smallest absolute Gasteiger partial charge is 0.171 e. The molecule has 0 aliphatic rings. The van der Waals surface area contributed by atoms with E-state index >= 15 is 0 Å². The molecule has 14 heavy (non-hydrogen) atoms. The number of nitrogens with zero attached hydrogens (tertiary/aromatic N) is 4. The molecule has 0 fully saturated rings. The summed E-state index contributed by atoms with van der Waals surface area (Å²) in [7, 11) is 0. The van der Waals surface area contributed by atoms with Gasteiger partial charge in [-0.2, -0.15) is 5.26 Å². The Hall–Kier alpha value is -1.61. The molecule has 0 atom stereocenters. The SMILES string of the molecule is N#CCc1ncnc2c1ccn2SF. The molecule has 6 heteroatoms. The highest BCUT2D eigenvalue weighted by Crippen LogP contribution is 2.21. The van der Waals surface area contributed by atoms with Crippen LogP contribution in [0, 0.1) is 11.3 Å². The molecule has 0 amide bonds. The van der Waals surface area contributed by atoms with Gasteiger partial charge in [0.05, 0.1) is 18.2 Å². The summed E-state index contributed by atoms with van der Waals surface area (Å²) < 4.78 is 13.6. The Morgan fingerprint density at radius 1 is 1.57 bits per heavy atom. The third kappa shape index (κ3) is 1.32. The van der Waals surface area contributed by atoms with Crippen molar-refractivity contribution in [2.45, 2.75) is 6.42 Å². The molecule has 0 aliphatic heterocycles. The molecule has 0 N–H and O–H groups in total. The van der Waals surface area contributed by atoms with Gasteiger partial charge in [0.1, 0.15) is 6.33 Å². The average Bonchev–Trinajstić information content (AvgIpc) is 2.62. The Morgan fingerprint density at radius 2 is 2.43 bits per heavy atom. The lowest BCUT2D eigenvalue weighted by Crippen LogP contribution is -1.92. The van der Waals surface area contributed by atoms with Crippen LogP contribution in [0.25, 0.3) is 11.0 Å². The van der Waals surface area contributed by atoms with Gasteiger partial charge in [-0.1, -0.05) is 0 Å². The molecular formula is C8H5FN4S. The van der Waals surface area contributed by atoms with Gasteiger partial charge in [-0.3, -0.25) is 0 Å². The number of hydrogen-bond donors (Lipinski definition) is 0. The van der Waals surface area contributed by atoms with Gasteiger partial charge in [0, 0.05) is 11.6 Å². The van der Waals surface area contributed by atoms with E-state index < -0.39 is 0 Å². The summed E-state index contributed by atoms with van der Waals surface area (Å²) in [5.74, 6) is 0. The van der Waals surface area contributed by atoms with Crippen LogP contribution >= 0.6 is 12.3 Å². The molecule has 0 spiro atoms. The van der Waals surface area contributed by atoms with Crippen molar-refractivity contribution in [2.24, 2.45) is 0 Å². The molecule has 0 saturated heterocycles. The lowest BCUT2D eigenvalue weighted by molar-refractivity contribution is 0.918. The average molecular weight is 208 g/mol. The number of fused-ring (bicyclic) bond motifs is 1. The first-order valence-electron chi connectivity index (χ1n) is 3.84. The zero-order chi connectivity index (χ0) is 9.97. The van der Waals surface area contributed by atoms with Crippen LogP contribution in [-0.2, 0) is 6.42 Å². The van der Waals surface area contributed by atoms with Crippen LogP contribution in [0.15, 0.2) is 18.6 Å². The Kier molecular flexibility index (Phi) is 2.33. The molecule has 0 aromatic carbocycles. The Labute approximate surface area is 83.8 Å². The highest BCUT2D eigenvalue weighted by molar-refractivity contribution is 7.92. The standard InChI is InChI=1S/C8H5FN4S/c9-14-13-4-2-6-7(1-3-10)11-5-12-8(6)13/h2,4-5H,1H2. The summed E-state index contributed by atoms with van der Waals surface area (Å²) in [6.45, 7) is 0. The molecule has 2 aromatic rings. The van der Waals surface area contributed by atoms with E-state index in [-0.39, 0.29) is 18.8 Å². The van der Waals surface area contributed by atoms with Crippen LogP contribution in [0.4, 0.5) is 3.89 Å². The molecule has 0 aliphatic carbocycles. The van der Waals surface area contributed by atoms with Gasteiger partial charge in [-0.05, 0) is 6.07 Å². The van der Waals surface area contributed by atoms with E-state index in [1.165, 1.54) is 10.3 Å². The summed E-state index contributed by atoms with van der Waals surface area (Å²) in [5, 5.41) is 9.27. The molecule has 0 bridgehead atoms. The number of hydrogen-bond acceptors (Lipinski definition) is 4. The summed E-state index contributed by atoms with van der Waals surface area (Å²) >= 11 is 0.0752. The van der Waals surface area contributed by atoms with E-state index in [0.717, 1.165) is 5.39 Å². The van der Waals surface area contributed by atoms with Crippen LogP contribution in [-0.4, -0.2) is 13.9 Å². The zero-order valence-electron chi connectivity index (χ0n) is 7.01. The maximum atomic E-state index is 12.4. The highest BCUT2D eigenvalue weighted by Gasteiger charge is 2.07. The van der Waals surface area contributed by atoms with Crippen molar-refractivity contribution in [2.75, 3.05) is 0 Å². The molecule has 0 saturated carbocycles. The van der Waals surface area contributed by atoms with Crippen molar-refractivity contribution < 1.29 is 3.89 Å². The first-order valence-corrected chi connectivity index (χ1v) is 4.51. The van der Waals surface area contributed by atoms with Gasteiger partial charge in [0.25, 0.3) is 0 Å². The van der Waals surface area contributed by atoms with E-state index in [4.69, 9.17) is 5.26 Å². The van der Waals surface area contributed by atoms with Crippen molar-refractivity contribution in [3.63, 3.8) is 0 Å². The van der Waals surface area contributed by atoms with Gasteiger partial charge in [0.15, 0.2) is 18.0 Å². The second-order valence-corrected chi connectivity index (χ2v) is 3.13. The molecule has 0 radical (unpaired) electrons. The minimum absolute atomic E-state index is 0.0752. The first kappa shape index (κ1) is 8.97. The maximum Gasteiger partial charge on any atom is 0.171 e. The van der Waals surface area contributed by atoms with Gasteiger partial charge in [0.2, 0.25) is 0 Å². The molecule has 0 unspecified atom stereocenters. The molecule has 2 heterocycles. The van der Waals surface area contributed by atoms with Crippen LogP contribution in [0.1, 0.15) is 5.69 Å². The van der Waals surface area contributed by atoms with E-state index in [9.17, 15) is 3.89 Å².